The summed E-state index contributed by atoms with van der Waals surface area (Å²) in [6, 6.07) is 0. The highest BCUT2D eigenvalue weighted by atomic mass is 79.9. The zero-order chi connectivity index (χ0) is 13.8. The molecule has 0 aromatic carbocycles. The molecule has 1 N–H and O–H groups in total. The van der Waals surface area contributed by atoms with E-state index >= 15 is 0 Å². The van der Waals surface area contributed by atoms with Crippen molar-refractivity contribution in [2.75, 3.05) is 11.9 Å². The molecule has 0 bridgehead atoms. The van der Waals surface area contributed by atoms with Gasteiger partial charge in [-0.1, -0.05) is 20.3 Å². The van der Waals surface area contributed by atoms with E-state index in [0.29, 0.717) is 16.9 Å². The number of hydrogen-bond donors (Lipinski definition) is 1. The summed E-state index contributed by atoms with van der Waals surface area (Å²) in [7, 11) is 0. The second kappa shape index (κ2) is 6.55. The van der Waals surface area contributed by atoms with Crippen molar-refractivity contribution < 1.29 is 0 Å². The second-order valence-corrected chi connectivity index (χ2v) is 6.24. The van der Waals surface area contributed by atoms with Gasteiger partial charge in [-0.15, -0.1) is 0 Å². The molecule has 1 aromatic rings. The van der Waals surface area contributed by atoms with E-state index in [-0.39, 0.29) is 5.56 Å². The van der Waals surface area contributed by atoms with Gasteiger partial charge in [-0.05, 0) is 47.0 Å². The average Bonchev–Trinajstić information content (AvgIpc) is 3.23. The number of unbranched alkanes of at least 4 members (excludes halogenated alkanes) is 1. The SMILES string of the molecule is CCCCn1ncc(NCC(C)C2CC2)c(Br)c1=O. The van der Waals surface area contributed by atoms with Crippen LogP contribution in [0.25, 0.3) is 0 Å². The fourth-order valence-corrected chi connectivity index (χ4v) is 2.61. The van der Waals surface area contributed by atoms with Gasteiger partial charge in [0.2, 0.25) is 0 Å². The van der Waals surface area contributed by atoms with E-state index in [1.54, 1.807) is 6.20 Å². The molecule has 106 valence electrons. The molecule has 2 rings (SSSR count). The van der Waals surface area contributed by atoms with Crippen molar-refractivity contribution in [3.8, 4) is 0 Å². The first-order chi connectivity index (χ1) is 9.13. The highest BCUT2D eigenvalue weighted by Gasteiger charge is 2.27. The summed E-state index contributed by atoms with van der Waals surface area (Å²) in [5.74, 6) is 1.53. The Morgan fingerprint density at radius 3 is 2.95 bits per heavy atom. The third kappa shape index (κ3) is 3.81. The fourth-order valence-electron chi connectivity index (χ4n) is 2.16. The molecule has 4 nitrogen and oxygen atoms in total. The van der Waals surface area contributed by atoms with E-state index in [2.05, 4.69) is 40.2 Å². The van der Waals surface area contributed by atoms with Crippen molar-refractivity contribution in [2.24, 2.45) is 11.8 Å². The Balaban J connectivity index is 2.00. The monoisotopic (exact) mass is 327 g/mol. The van der Waals surface area contributed by atoms with E-state index in [1.165, 1.54) is 17.5 Å². The lowest BCUT2D eigenvalue weighted by Gasteiger charge is -2.14. The molecule has 5 heteroatoms. The minimum Gasteiger partial charge on any atom is -0.382 e. The van der Waals surface area contributed by atoms with Crippen molar-refractivity contribution in [2.45, 2.75) is 46.1 Å². The van der Waals surface area contributed by atoms with Crippen molar-refractivity contribution in [3.05, 3.63) is 21.0 Å². The Hall–Kier alpha value is -0.840. The van der Waals surface area contributed by atoms with Gasteiger partial charge in [0.15, 0.2) is 0 Å². The molecule has 0 amide bonds. The van der Waals surface area contributed by atoms with Crippen LogP contribution in [0.15, 0.2) is 15.5 Å². The first kappa shape index (κ1) is 14.6. The van der Waals surface area contributed by atoms with Gasteiger partial charge < -0.3 is 5.32 Å². The maximum atomic E-state index is 12.1. The Kier molecular flexibility index (Phi) is 5.02. The Morgan fingerprint density at radius 1 is 1.58 bits per heavy atom. The van der Waals surface area contributed by atoms with Crippen molar-refractivity contribution in [1.82, 2.24) is 9.78 Å². The van der Waals surface area contributed by atoms with E-state index in [9.17, 15) is 4.79 Å². The largest absolute Gasteiger partial charge is 0.382 e. The van der Waals surface area contributed by atoms with Crippen LogP contribution in [0.5, 0.6) is 0 Å². The van der Waals surface area contributed by atoms with Gasteiger partial charge >= 0.3 is 0 Å². The number of aromatic nitrogens is 2. The number of halogens is 1. The third-order valence-electron chi connectivity index (χ3n) is 3.75. The van der Waals surface area contributed by atoms with Crippen LogP contribution in [-0.2, 0) is 6.54 Å². The van der Waals surface area contributed by atoms with Gasteiger partial charge in [0.25, 0.3) is 5.56 Å². The Morgan fingerprint density at radius 2 is 2.32 bits per heavy atom. The zero-order valence-electron chi connectivity index (χ0n) is 11.7. The van der Waals surface area contributed by atoms with E-state index < -0.39 is 0 Å². The average molecular weight is 328 g/mol. The van der Waals surface area contributed by atoms with Crippen LogP contribution < -0.4 is 10.9 Å². The predicted octanol–water partition coefficient (Wildman–Crippen LogP) is 3.26. The summed E-state index contributed by atoms with van der Waals surface area (Å²) in [5.41, 5.74) is 0.766. The van der Waals surface area contributed by atoms with Crippen LogP contribution >= 0.6 is 15.9 Å². The molecule has 0 aliphatic heterocycles. The number of rotatable bonds is 7. The Bertz CT molecular complexity index is 482. The number of nitrogens with one attached hydrogen (secondary N) is 1. The van der Waals surface area contributed by atoms with Crippen LogP contribution in [0.2, 0.25) is 0 Å². The second-order valence-electron chi connectivity index (χ2n) is 5.45. The molecule has 1 saturated carbocycles. The van der Waals surface area contributed by atoms with E-state index in [1.807, 2.05) is 0 Å². The zero-order valence-corrected chi connectivity index (χ0v) is 13.2. The van der Waals surface area contributed by atoms with Crippen LogP contribution in [0.4, 0.5) is 5.69 Å². The minimum absolute atomic E-state index is 0.0440. The van der Waals surface area contributed by atoms with Crippen molar-refractivity contribution in [1.29, 1.82) is 0 Å². The highest BCUT2D eigenvalue weighted by Crippen LogP contribution is 2.36. The lowest BCUT2D eigenvalue weighted by Crippen LogP contribution is -2.25. The minimum atomic E-state index is -0.0440. The summed E-state index contributed by atoms with van der Waals surface area (Å²) in [5, 5.41) is 7.56. The molecule has 0 saturated heterocycles. The number of nitrogens with zero attached hydrogens (tertiary/aromatic N) is 2. The maximum absolute atomic E-state index is 12.1. The molecule has 0 spiro atoms. The van der Waals surface area contributed by atoms with Gasteiger partial charge in [-0.3, -0.25) is 4.79 Å². The molecular weight excluding hydrogens is 306 g/mol. The van der Waals surface area contributed by atoms with Crippen LogP contribution in [0.1, 0.15) is 39.5 Å². The van der Waals surface area contributed by atoms with Gasteiger partial charge in [0.1, 0.15) is 4.47 Å². The number of hydrogen-bond acceptors (Lipinski definition) is 3. The summed E-state index contributed by atoms with van der Waals surface area (Å²) >= 11 is 3.39. The van der Waals surface area contributed by atoms with Crippen LogP contribution in [0, 0.1) is 11.8 Å². The van der Waals surface area contributed by atoms with Crippen LogP contribution in [-0.4, -0.2) is 16.3 Å². The highest BCUT2D eigenvalue weighted by molar-refractivity contribution is 9.10. The topological polar surface area (TPSA) is 46.9 Å². The summed E-state index contributed by atoms with van der Waals surface area (Å²) in [6.07, 6.45) is 6.48. The summed E-state index contributed by atoms with van der Waals surface area (Å²) < 4.78 is 2.13. The van der Waals surface area contributed by atoms with E-state index in [0.717, 1.165) is 31.0 Å². The molecule has 0 radical (unpaired) electrons. The molecule has 1 fully saturated rings. The normalized spacial score (nSPS) is 16.4. The quantitative estimate of drug-likeness (QED) is 0.836. The maximum Gasteiger partial charge on any atom is 0.283 e. The summed E-state index contributed by atoms with van der Waals surface area (Å²) in [6.45, 7) is 5.96. The lowest BCUT2D eigenvalue weighted by atomic mass is 10.1. The van der Waals surface area contributed by atoms with Gasteiger partial charge in [-0.2, -0.15) is 5.10 Å². The molecule has 1 aliphatic carbocycles. The predicted molar refractivity (Wildman–Crippen MR) is 81.5 cm³/mol. The molecule has 1 unspecified atom stereocenters. The first-order valence-electron chi connectivity index (χ1n) is 7.13. The number of aryl methyl sites for hydroxylation is 1. The molecule has 1 aromatic heterocycles. The molecule has 19 heavy (non-hydrogen) atoms. The third-order valence-corrected chi connectivity index (χ3v) is 4.52. The molecule has 1 atom stereocenters. The fraction of sp³-hybridized carbons (Fsp3) is 0.714. The van der Waals surface area contributed by atoms with Crippen molar-refractivity contribution in [3.63, 3.8) is 0 Å². The molecule has 1 heterocycles. The van der Waals surface area contributed by atoms with Crippen LogP contribution in [0.3, 0.4) is 0 Å². The lowest BCUT2D eigenvalue weighted by molar-refractivity contribution is 0.531. The van der Waals surface area contributed by atoms with Gasteiger partial charge in [0, 0.05) is 13.1 Å². The summed E-state index contributed by atoms with van der Waals surface area (Å²) in [4.78, 5) is 12.1. The standard InChI is InChI=1S/C14H22BrN3O/c1-3-4-7-18-14(19)13(15)12(9-17-18)16-8-10(2)11-5-6-11/h9-11,16H,3-8H2,1-2H3. The van der Waals surface area contributed by atoms with Gasteiger partial charge in [0.05, 0.1) is 11.9 Å². The molecular formula is C14H22BrN3O. The Labute approximate surface area is 122 Å². The van der Waals surface area contributed by atoms with Gasteiger partial charge in [-0.25, -0.2) is 4.68 Å². The smallest absolute Gasteiger partial charge is 0.283 e. The van der Waals surface area contributed by atoms with Crippen molar-refractivity contribution >= 4 is 21.6 Å². The van der Waals surface area contributed by atoms with E-state index in [4.69, 9.17) is 0 Å². The first-order valence-corrected chi connectivity index (χ1v) is 7.92. The number of anilines is 1. The molecule has 1 aliphatic rings.